The molecule has 0 aromatic heterocycles. The van der Waals surface area contributed by atoms with E-state index in [1.165, 1.54) is 6.07 Å². The summed E-state index contributed by atoms with van der Waals surface area (Å²) in [5.41, 5.74) is 0.548. The van der Waals surface area contributed by atoms with Gasteiger partial charge in [-0.25, -0.2) is 0 Å². The molecule has 92 valence electrons. The van der Waals surface area contributed by atoms with Crippen molar-refractivity contribution in [2.24, 2.45) is 0 Å². The highest BCUT2D eigenvalue weighted by Crippen LogP contribution is 2.30. The van der Waals surface area contributed by atoms with Crippen LogP contribution >= 0.6 is 0 Å². The first kappa shape index (κ1) is 13.6. The summed E-state index contributed by atoms with van der Waals surface area (Å²) in [5, 5.41) is 3.02. The van der Waals surface area contributed by atoms with Crippen LogP contribution in [0.5, 0.6) is 0 Å². The van der Waals surface area contributed by atoms with Crippen molar-refractivity contribution >= 4 is 0 Å². The molecule has 1 aromatic carbocycles. The second-order valence-electron chi connectivity index (χ2n) is 3.61. The van der Waals surface area contributed by atoms with E-state index < -0.39 is 11.7 Å². The fraction of sp³-hybridized carbons (Fsp3) is 0.385. The number of nitrogens with one attached hydrogen (secondary N) is 1. The molecule has 0 saturated heterocycles. The van der Waals surface area contributed by atoms with Gasteiger partial charge < -0.3 is 5.32 Å². The predicted molar refractivity (Wildman–Crippen MR) is 61.6 cm³/mol. The molecule has 0 heterocycles. The molecule has 0 atom stereocenters. The Morgan fingerprint density at radius 3 is 2.53 bits per heavy atom. The van der Waals surface area contributed by atoms with Gasteiger partial charge in [-0.2, -0.15) is 13.2 Å². The standard InChI is InChI=1S/C13H14F3N/c1-3-17-8-4-5-11-6-7-12(9-10(11)2)13(14,15)16/h6-7,9,17H,3,8H2,1-2H3. The summed E-state index contributed by atoms with van der Waals surface area (Å²) >= 11 is 0. The van der Waals surface area contributed by atoms with Crippen LogP contribution in [0.1, 0.15) is 23.6 Å². The Morgan fingerprint density at radius 1 is 1.29 bits per heavy atom. The normalized spacial score (nSPS) is 10.9. The number of alkyl halides is 3. The number of hydrogen-bond acceptors (Lipinski definition) is 1. The monoisotopic (exact) mass is 241 g/mol. The van der Waals surface area contributed by atoms with E-state index in [2.05, 4.69) is 17.2 Å². The Balaban J connectivity index is 2.86. The molecule has 0 aliphatic heterocycles. The van der Waals surface area contributed by atoms with Crippen LogP contribution in [0.15, 0.2) is 18.2 Å². The quantitative estimate of drug-likeness (QED) is 0.620. The van der Waals surface area contributed by atoms with Crippen LogP contribution in [0, 0.1) is 18.8 Å². The third kappa shape index (κ3) is 4.12. The lowest BCUT2D eigenvalue weighted by molar-refractivity contribution is -0.137. The molecule has 4 heteroatoms. The molecular weight excluding hydrogens is 227 g/mol. The average Bonchev–Trinajstić information content (AvgIpc) is 2.24. The van der Waals surface area contributed by atoms with E-state index in [0.29, 0.717) is 17.7 Å². The lowest BCUT2D eigenvalue weighted by Gasteiger charge is -2.08. The van der Waals surface area contributed by atoms with E-state index in [1.54, 1.807) is 6.92 Å². The molecule has 0 bridgehead atoms. The number of benzene rings is 1. The summed E-state index contributed by atoms with van der Waals surface area (Å²) in [6, 6.07) is 3.60. The minimum atomic E-state index is -4.29. The van der Waals surface area contributed by atoms with E-state index in [0.717, 1.165) is 18.7 Å². The molecule has 0 fully saturated rings. The maximum atomic E-state index is 12.4. The van der Waals surface area contributed by atoms with Crippen molar-refractivity contribution < 1.29 is 13.2 Å². The van der Waals surface area contributed by atoms with Gasteiger partial charge in [0, 0.05) is 5.56 Å². The van der Waals surface area contributed by atoms with Crippen LogP contribution in [-0.4, -0.2) is 13.1 Å². The van der Waals surface area contributed by atoms with E-state index in [1.807, 2.05) is 6.92 Å². The lowest BCUT2D eigenvalue weighted by Crippen LogP contribution is -2.12. The summed E-state index contributed by atoms with van der Waals surface area (Å²) < 4.78 is 37.2. The smallest absolute Gasteiger partial charge is 0.306 e. The summed E-state index contributed by atoms with van der Waals surface area (Å²) in [6.07, 6.45) is -4.29. The Kier molecular flexibility index (Phi) is 4.59. The van der Waals surface area contributed by atoms with Gasteiger partial charge >= 0.3 is 6.18 Å². The third-order valence-electron chi connectivity index (χ3n) is 2.24. The van der Waals surface area contributed by atoms with E-state index in [4.69, 9.17) is 0 Å². The number of hydrogen-bond donors (Lipinski definition) is 1. The Labute approximate surface area is 99.0 Å². The van der Waals surface area contributed by atoms with Crippen LogP contribution in [0.3, 0.4) is 0 Å². The zero-order chi connectivity index (χ0) is 12.9. The lowest BCUT2D eigenvalue weighted by atomic mass is 10.1. The Morgan fingerprint density at radius 2 is 2.00 bits per heavy atom. The van der Waals surface area contributed by atoms with Crippen molar-refractivity contribution in [2.75, 3.05) is 13.1 Å². The van der Waals surface area contributed by atoms with Crippen LogP contribution < -0.4 is 5.32 Å². The molecule has 17 heavy (non-hydrogen) atoms. The maximum absolute atomic E-state index is 12.4. The van der Waals surface area contributed by atoms with Gasteiger partial charge in [-0.15, -0.1) is 0 Å². The molecule has 0 aliphatic rings. The third-order valence-corrected chi connectivity index (χ3v) is 2.24. The van der Waals surface area contributed by atoms with Gasteiger partial charge in [0.15, 0.2) is 0 Å². The Hall–Kier alpha value is -1.47. The molecule has 1 rings (SSSR count). The zero-order valence-electron chi connectivity index (χ0n) is 9.78. The highest BCUT2D eigenvalue weighted by Gasteiger charge is 2.30. The minimum absolute atomic E-state index is 0.539. The van der Waals surface area contributed by atoms with Gasteiger partial charge in [0.05, 0.1) is 12.1 Å². The summed E-state index contributed by atoms with van der Waals surface area (Å²) in [4.78, 5) is 0. The Bertz CT molecular complexity index is 438. The largest absolute Gasteiger partial charge is 0.416 e. The molecule has 0 radical (unpaired) electrons. The fourth-order valence-electron chi connectivity index (χ4n) is 1.31. The number of aryl methyl sites for hydroxylation is 1. The van der Waals surface area contributed by atoms with Crippen molar-refractivity contribution in [1.29, 1.82) is 0 Å². The first-order valence-electron chi connectivity index (χ1n) is 5.32. The van der Waals surface area contributed by atoms with E-state index in [-0.39, 0.29) is 0 Å². The summed E-state index contributed by atoms with van der Waals surface area (Å²) in [7, 11) is 0. The van der Waals surface area contributed by atoms with Crippen LogP contribution in [0.4, 0.5) is 13.2 Å². The molecule has 0 unspecified atom stereocenters. The number of rotatable bonds is 2. The molecular formula is C13H14F3N. The molecule has 0 amide bonds. The molecule has 0 saturated carbocycles. The summed E-state index contributed by atoms with van der Waals surface area (Å²) in [5.74, 6) is 5.71. The van der Waals surface area contributed by atoms with E-state index >= 15 is 0 Å². The van der Waals surface area contributed by atoms with Crippen LogP contribution in [-0.2, 0) is 6.18 Å². The average molecular weight is 241 g/mol. The molecule has 1 N–H and O–H groups in total. The van der Waals surface area contributed by atoms with E-state index in [9.17, 15) is 13.2 Å². The van der Waals surface area contributed by atoms with Crippen molar-refractivity contribution in [3.63, 3.8) is 0 Å². The fourth-order valence-corrected chi connectivity index (χ4v) is 1.31. The van der Waals surface area contributed by atoms with Gasteiger partial charge in [0.1, 0.15) is 0 Å². The topological polar surface area (TPSA) is 12.0 Å². The SMILES string of the molecule is CCNCC#Cc1ccc(C(F)(F)F)cc1C. The van der Waals surface area contributed by atoms with Crippen molar-refractivity contribution in [3.05, 3.63) is 34.9 Å². The van der Waals surface area contributed by atoms with Crippen molar-refractivity contribution in [2.45, 2.75) is 20.0 Å². The molecule has 0 aliphatic carbocycles. The highest BCUT2D eigenvalue weighted by atomic mass is 19.4. The van der Waals surface area contributed by atoms with Gasteiger partial charge in [-0.05, 0) is 37.2 Å². The highest BCUT2D eigenvalue weighted by molar-refractivity contribution is 5.43. The van der Waals surface area contributed by atoms with Crippen LogP contribution in [0.25, 0.3) is 0 Å². The minimum Gasteiger partial charge on any atom is -0.306 e. The van der Waals surface area contributed by atoms with Crippen LogP contribution in [0.2, 0.25) is 0 Å². The van der Waals surface area contributed by atoms with Gasteiger partial charge in [-0.1, -0.05) is 18.8 Å². The van der Waals surface area contributed by atoms with Gasteiger partial charge in [-0.3, -0.25) is 0 Å². The maximum Gasteiger partial charge on any atom is 0.416 e. The zero-order valence-corrected chi connectivity index (χ0v) is 9.78. The predicted octanol–water partition coefficient (Wildman–Crippen LogP) is 2.97. The second kappa shape index (κ2) is 5.74. The van der Waals surface area contributed by atoms with Crippen molar-refractivity contribution in [3.8, 4) is 11.8 Å². The van der Waals surface area contributed by atoms with Gasteiger partial charge in [0.25, 0.3) is 0 Å². The molecule has 0 spiro atoms. The summed E-state index contributed by atoms with van der Waals surface area (Å²) in [6.45, 7) is 4.95. The van der Waals surface area contributed by atoms with Gasteiger partial charge in [0.2, 0.25) is 0 Å². The van der Waals surface area contributed by atoms with Crippen molar-refractivity contribution in [1.82, 2.24) is 5.32 Å². The molecule has 1 aromatic rings. The first-order chi connectivity index (χ1) is 7.95. The number of halogens is 3. The second-order valence-corrected chi connectivity index (χ2v) is 3.61. The molecule has 1 nitrogen and oxygen atoms in total. The first-order valence-corrected chi connectivity index (χ1v) is 5.32.